The molecule has 0 fully saturated rings. The quantitative estimate of drug-likeness (QED) is 0.616. The highest BCUT2D eigenvalue weighted by Gasteiger charge is 2.10. The molecule has 1 unspecified atom stereocenters. The number of nitrogens with zero attached hydrogens (tertiary/aromatic N) is 1. The maximum atomic E-state index is 8.82. The van der Waals surface area contributed by atoms with Gasteiger partial charge in [0.2, 0.25) is 0 Å². The third-order valence-electron chi connectivity index (χ3n) is 1.23. The topological polar surface area (TPSA) is 23.5 Å². The van der Waals surface area contributed by atoms with Crippen LogP contribution in [-0.4, -0.2) is 21.6 Å². The van der Waals surface area contributed by atoms with E-state index in [4.69, 9.17) is 4.89 Å². The van der Waals surface area contributed by atoms with Gasteiger partial charge < -0.3 is 4.89 Å². The van der Waals surface area contributed by atoms with Crippen molar-refractivity contribution in [2.45, 2.75) is 39.8 Å². The molecule has 0 spiro atoms. The molecule has 0 heterocycles. The molecule has 0 saturated carbocycles. The van der Waals surface area contributed by atoms with Gasteiger partial charge in [0.15, 0.2) is 0 Å². The molecule has 2 nitrogen and oxygen atoms in total. The summed E-state index contributed by atoms with van der Waals surface area (Å²) < 4.78 is 2.04. The fraction of sp³-hybridized carbons (Fsp3) is 1.00. The minimum absolute atomic E-state index is 0.0571. The van der Waals surface area contributed by atoms with Gasteiger partial charge in [0.05, 0.1) is 8.96 Å². The normalized spacial score (nSPS) is 13.3. The van der Waals surface area contributed by atoms with Crippen LogP contribution in [0.2, 0.25) is 0 Å². The van der Waals surface area contributed by atoms with Crippen LogP contribution in [0.25, 0.3) is 0 Å². The lowest BCUT2D eigenvalue weighted by Crippen LogP contribution is -2.28. The van der Waals surface area contributed by atoms with E-state index in [2.05, 4.69) is 27.7 Å². The third kappa shape index (κ3) is 3.14. The van der Waals surface area contributed by atoms with Crippen molar-refractivity contribution < 1.29 is 4.89 Å². The van der Waals surface area contributed by atoms with Gasteiger partial charge in [0.25, 0.3) is 0 Å². The molecular formula is C6H16NOP. The highest BCUT2D eigenvalue weighted by atomic mass is 31.1. The summed E-state index contributed by atoms with van der Waals surface area (Å²) in [5, 5.41) is 0. The molecule has 9 heavy (non-hydrogen) atoms. The fourth-order valence-corrected chi connectivity index (χ4v) is 1.29. The number of rotatable bonds is 3. The van der Waals surface area contributed by atoms with Gasteiger partial charge in [-0.2, -0.15) is 0 Å². The van der Waals surface area contributed by atoms with E-state index in [-0.39, 0.29) is 8.96 Å². The van der Waals surface area contributed by atoms with Crippen molar-refractivity contribution in [3.63, 3.8) is 0 Å². The average Bonchev–Trinajstić information content (AvgIpc) is 1.64. The Morgan fingerprint density at radius 2 is 1.44 bits per heavy atom. The summed E-state index contributed by atoms with van der Waals surface area (Å²) in [6, 6.07) is 0.904. The van der Waals surface area contributed by atoms with E-state index in [9.17, 15) is 0 Å². The zero-order valence-electron chi connectivity index (χ0n) is 6.55. The van der Waals surface area contributed by atoms with Crippen molar-refractivity contribution in [2.24, 2.45) is 0 Å². The molecule has 0 rings (SSSR count). The van der Waals surface area contributed by atoms with E-state index < -0.39 is 0 Å². The van der Waals surface area contributed by atoms with Gasteiger partial charge in [0, 0.05) is 12.1 Å². The summed E-state index contributed by atoms with van der Waals surface area (Å²) in [4.78, 5) is 8.82. The summed E-state index contributed by atoms with van der Waals surface area (Å²) in [5.74, 6) is 0. The van der Waals surface area contributed by atoms with Crippen molar-refractivity contribution in [1.29, 1.82) is 0 Å². The van der Waals surface area contributed by atoms with Gasteiger partial charge in [-0.05, 0) is 27.7 Å². The second-order valence-corrected chi connectivity index (χ2v) is 3.41. The van der Waals surface area contributed by atoms with E-state index in [0.717, 1.165) is 0 Å². The maximum Gasteiger partial charge on any atom is 0.0857 e. The molecule has 0 saturated heterocycles. The van der Waals surface area contributed by atoms with E-state index in [1.807, 2.05) is 4.67 Å². The van der Waals surface area contributed by atoms with Crippen LogP contribution in [0.5, 0.6) is 0 Å². The Hall–Kier alpha value is 0.350. The Morgan fingerprint density at radius 1 is 1.11 bits per heavy atom. The predicted octanol–water partition coefficient (Wildman–Crippen LogP) is 1.61. The molecule has 0 aromatic rings. The summed E-state index contributed by atoms with van der Waals surface area (Å²) in [6.45, 7) is 8.35. The SMILES string of the molecule is CC(C)N(PO)C(C)C. The summed E-state index contributed by atoms with van der Waals surface area (Å²) in [6.07, 6.45) is 0. The molecule has 0 aromatic carbocycles. The molecule has 0 amide bonds. The van der Waals surface area contributed by atoms with Gasteiger partial charge >= 0.3 is 0 Å². The summed E-state index contributed by atoms with van der Waals surface area (Å²) in [5.41, 5.74) is 0. The van der Waals surface area contributed by atoms with Crippen LogP contribution in [0.4, 0.5) is 0 Å². The fourth-order valence-electron chi connectivity index (χ4n) is 0.827. The maximum absolute atomic E-state index is 8.82. The van der Waals surface area contributed by atoms with Crippen LogP contribution < -0.4 is 0 Å². The van der Waals surface area contributed by atoms with Crippen molar-refractivity contribution in [1.82, 2.24) is 4.67 Å². The zero-order valence-corrected chi connectivity index (χ0v) is 7.55. The lowest BCUT2D eigenvalue weighted by molar-refractivity contribution is 0.307. The van der Waals surface area contributed by atoms with E-state index >= 15 is 0 Å². The Bertz CT molecular complexity index is 67.5. The molecule has 56 valence electrons. The molecule has 0 radical (unpaired) electrons. The van der Waals surface area contributed by atoms with E-state index in [1.54, 1.807) is 0 Å². The van der Waals surface area contributed by atoms with Gasteiger partial charge in [0.1, 0.15) is 0 Å². The largest absolute Gasteiger partial charge is 0.361 e. The molecule has 0 bridgehead atoms. The van der Waals surface area contributed by atoms with Crippen molar-refractivity contribution in [3.05, 3.63) is 0 Å². The molecule has 0 aliphatic rings. The van der Waals surface area contributed by atoms with Gasteiger partial charge in [-0.15, -0.1) is 0 Å². The summed E-state index contributed by atoms with van der Waals surface area (Å²) in [7, 11) is -0.0571. The van der Waals surface area contributed by atoms with Gasteiger partial charge in [-0.1, -0.05) is 0 Å². The Balaban J connectivity index is 3.68. The number of hydrogen-bond donors (Lipinski definition) is 1. The molecule has 3 heteroatoms. The Labute approximate surface area is 59.2 Å². The molecule has 1 atom stereocenters. The lowest BCUT2D eigenvalue weighted by Gasteiger charge is -2.26. The van der Waals surface area contributed by atoms with Crippen LogP contribution in [0.15, 0.2) is 0 Å². The first-order valence-electron chi connectivity index (χ1n) is 3.27. The minimum atomic E-state index is -0.0571. The first-order valence-corrected chi connectivity index (χ1v) is 4.17. The van der Waals surface area contributed by atoms with E-state index in [0.29, 0.717) is 12.1 Å². The Kier molecular flexibility index (Phi) is 4.37. The number of hydrogen-bond acceptors (Lipinski definition) is 2. The Morgan fingerprint density at radius 3 is 1.44 bits per heavy atom. The van der Waals surface area contributed by atoms with Crippen LogP contribution in [-0.2, 0) is 0 Å². The molecular weight excluding hydrogens is 133 g/mol. The standard InChI is InChI=1S/C6H16NOP/c1-5(2)7(9-8)6(3)4/h5-6,8-9H,1-4H3. The van der Waals surface area contributed by atoms with Crippen molar-refractivity contribution in [2.75, 3.05) is 0 Å². The van der Waals surface area contributed by atoms with Crippen LogP contribution in [0.1, 0.15) is 27.7 Å². The highest BCUT2D eigenvalue weighted by molar-refractivity contribution is 7.28. The van der Waals surface area contributed by atoms with Crippen molar-refractivity contribution >= 4 is 8.96 Å². The molecule has 0 aliphatic heterocycles. The minimum Gasteiger partial charge on any atom is -0.361 e. The third-order valence-corrected chi connectivity index (χ3v) is 2.49. The van der Waals surface area contributed by atoms with Crippen LogP contribution in [0, 0.1) is 0 Å². The second-order valence-electron chi connectivity index (χ2n) is 2.69. The molecule has 0 aromatic heterocycles. The van der Waals surface area contributed by atoms with E-state index in [1.165, 1.54) is 0 Å². The second kappa shape index (κ2) is 4.21. The lowest BCUT2D eigenvalue weighted by atomic mass is 10.3. The smallest absolute Gasteiger partial charge is 0.0857 e. The van der Waals surface area contributed by atoms with Crippen molar-refractivity contribution in [3.8, 4) is 0 Å². The molecule has 0 aliphatic carbocycles. The highest BCUT2D eigenvalue weighted by Crippen LogP contribution is 2.19. The van der Waals surface area contributed by atoms with Gasteiger partial charge in [-0.3, -0.25) is 4.67 Å². The van der Waals surface area contributed by atoms with Gasteiger partial charge in [-0.25, -0.2) is 0 Å². The average molecular weight is 149 g/mol. The predicted molar refractivity (Wildman–Crippen MR) is 42.6 cm³/mol. The first kappa shape index (κ1) is 9.35. The molecule has 1 N–H and O–H groups in total. The summed E-state index contributed by atoms with van der Waals surface area (Å²) >= 11 is 0. The monoisotopic (exact) mass is 149 g/mol. The van der Waals surface area contributed by atoms with Crippen LogP contribution >= 0.6 is 8.96 Å². The zero-order chi connectivity index (χ0) is 7.44. The first-order chi connectivity index (χ1) is 4.09. The van der Waals surface area contributed by atoms with Crippen LogP contribution in [0.3, 0.4) is 0 Å².